The number of carbonyl (C=O) groups is 3. The monoisotopic (exact) mass is 504 g/mol. The maximum Gasteiger partial charge on any atom is 0.255 e. The molecule has 9 nitrogen and oxygen atoms in total. The van der Waals surface area contributed by atoms with Crippen molar-refractivity contribution in [1.82, 2.24) is 4.90 Å². The zero-order valence-electron chi connectivity index (χ0n) is 20.6. The molecule has 2 aromatic rings. The molecular weight excluding hydrogens is 476 g/mol. The fraction of sp³-hybridized carbons (Fsp3) is 0.321. The Balaban J connectivity index is 1.76. The van der Waals surface area contributed by atoms with E-state index in [1.165, 1.54) is 11.0 Å². The molecule has 5 rings (SSSR count). The van der Waals surface area contributed by atoms with Crippen molar-refractivity contribution in [3.8, 4) is 16.9 Å². The molecule has 1 fully saturated rings. The highest BCUT2D eigenvalue weighted by molar-refractivity contribution is 6.24. The molecule has 0 aromatic heterocycles. The topological polar surface area (TPSA) is 161 Å². The van der Waals surface area contributed by atoms with Gasteiger partial charge >= 0.3 is 0 Å². The summed E-state index contributed by atoms with van der Waals surface area (Å²) in [6.45, 7) is 1.95. The van der Waals surface area contributed by atoms with Crippen molar-refractivity contribution >= 4 is 23.2 Å². The number of rotatable bonds is 3. The van der Waals surface area contributed by atoms with Crippen LogP contribution in [-0.4, -0.2) is 68.5 Å². The Morgan fingerprint density at radius 1 is 1.05 bits per heavy atom. The number of Topliss-reactive ketones (excluding diaryl/α,β-unsaturated/α-hetero) is 2. The van der Waals surface area contributed by atoms with Crippen LogP contribution in [0.5, 0.6) is 5.75 Å². The number of primary amides is 1. The maximum absolute atomic E-state index is 13.9. The molecule has 0 spiro atoms. The van der Waals surface area contributed by atoms with Gasteiger partial charge in [0.1, 0.15) is 22.8 Å². The molecule has 1 amide bonds. The van der Waals surface area contributed by atoms with Gasteiger partial charge in [-0.3, -0.25) is 19.3 Å². The van der Waals surface area contributed by atoms with E-state index in [-0.39, 0.29) is 29.7 Å². The van der Waals surface area contributed by atoms with Gasteiger partial charge in [0.15, 0.2) is 11.4 Å². The Bertz CT molecular complexity index is 1450. The second-order valence-electron chi connectivity index (χ2n) is 10.3. The van der Waals surface area contributed by atoms with Crippen LogP contribution in [0.4, 0.5) is 0 Å². The van der Waals surface area contributed by atoms with Gasteiger partial charge in [-0.1, -0.05) is 30.3 Å². The van der Waals surface area contributed by atoms with Crippen LogP contribution in [0.2, 0.25) is 0 Å². The van der Waals surface area contributed by atoms with Crippen LogP contribution < -0.4 is 5.73 Å². The van der Waals surface area contributed by atoms with Crippen molar-refractivity contribution in [2.24, 2.45) is 17.6 Å². The van der Waals surface area contributed by atoms with Crippen LogP contribution in [0.15, 0.2) is 53.3 Å². The quantitative estimate of drug-likeness (QED) is 0.396. The SMILES string of the molecule is Cc1ccccc1-c1ccc(O)c2c1CC1CC3C(N(C)C)C(=O)C(C(N)=O)=C(O)C3(O)C(=O)C1=C2O. The number of amides is 1. The highest BCUT2D eigenvalue weighted by atomic mass is 16.3. The average Bonchev–Trinajstić information content (AvgIpc) is 2.82. The summed E-state index contributed by atoms with van der Waals surface area (Å²) in [5, 5.41) is 44.7. The molecule has 3 aliphatic rings. The zero-order chi connectivity index (χ0) is 27.0. The van der Waals surface area contributed by atoms with Gasteiger partial charge in [0.2, 0.25) is 5.78 Å². The zero-order valence-corrected chi connectivity index (χ0v) is 20.6. The van der Waals surface area contributed by atoms with Crippen LogP contribution in [0.3, 0.4) is 0 Å². The van der Waals surface area contributed by atoms with Gasteiger partial charge in [-0.15, -0.1) is 0 Å². The summed E-state index contributed by atoms with van der Waals surface area (Å²) in [4.78, 5) is 40.6. The van der Waals surface area contributed by atoms with Gasteiger partial charge in [-0.05, 0) is 68.1 Å². The van der Waals surface area contributed by atoms with Crippen LogP contribution in [-0.2, 0) is 20.8 Å². The summed E-state index contributed by atoms with van der Waals surface area (Å²) < 4.78 is 0. The smallest absolute Gasteiger partial charge is 0.255 e. The number of hydrogen-bond donors (Lipinski definition) is 5. The van der Waals surface area contributed by atoms with E-state index in [1.54, 1.807) is 20.2 Å². The Kier molecular flexibility index (Phi) is 5.54. The number of phenolic OH excluding ortho intramolecular Hbond substituents is 1. The minimum Gasteiger partial charge on any atom is -0.508 e. The highest BCUT2D eigenvalue weighted by Gasteiger charge is 2.64. The maximum atomic E-state index is 13.9. The lowest BCUT2D eigenvalue weighted by Crippen LogP contribution is -2.65. The average molecular weight is 505 g/mol. The van der Waals surface area contributed by atoms with Gasteiger partial charge in [-0.25, -0.2) is 0 Å². The predicted octanol–water partition coefficient (Wildman–Crippen LogP) is 1.94. The number of benzene rings is 2. The molecule has 192 valence electrons. The molecule has 37 heavy (non-hydrogen) atoms. The van der Waals surface area contributed by atoms with Gasteiger partial charge in [0.05, 0.1) is 11.6 Å². The van der Waals surface area contributed by atoms with Gasteiger partial charge in [-0.2, -0.15) is 0 Å². The van der Waals surface area contributed by atoms with E-state index < -0.39 is 58.0 Å². The number of fused-ring (bicyclic) bond motifs is 3. The molecule has 0 heterocycles. The fourth-order valence-electron chi connectivity index (χ4n) is 6.37. The molecule has 0 saturated heterocycles. The van der Waals surface area contributed by atoms with E-state index in [0.29, 0.717) is 5.56 Å². The van der Waals surface area contributed by atoms with E-state index >= 15 is 0 Å². The number of ketones is 2. The van der Waals surface area contributed by atoms with E-state index in [9.17, 15) is 34.8 Å². The number of aliphatic hydroxyl groups excluding tert-OH is 2. The normalized spacial score (nSPS) is 27.2. The van der Waals surface area contributed by atoms with Gasteiger partial charge in [0.25, 0.3) is 5.91 Å². The summed E-state index contributed by atoms with van der Waals surface area (Å²) in [6.07, 6.45) is 0.293. The molecule has 4 atom stereocenters. The van der Waals surface area contributed by atoms with Crippen LogP contribution >= 0.6 is 0 Å². The van der Waals surface area contributed by atoms with Crippen molar-refractivity contribution in [3.63, 3.8) is 0 Å². The molecule has 1 saturated carbocycles. The minimum atomic E-state index is -2.65. The third-order valence-electron chi connectivity index (χ3n) is 8.04. The van der Waals surface area contributed by atoms with Gasteiger partial charge < -0.3 is 26.2 Å². The van der Waals surface area contributed by atoms with Crippen molar-refractivity contribution in [2.45, 2.75) is 31.4 Å². The van der Waals surface area contributed by atoms with E-state index in [1.807, 2.05) is 31.2 Å². The molecule has 9 heteroatoms. The molecule has 6 N–H and O–H groups in total. The van der Waals surface area contributed by atoms with E-state index in [4.69, 9.17) is 5.73 Å². The second-order valence-corrected chi connectivity index (χ2v) is 10.3. The molecule has 2 aromatic carbocycles. The standard InChI is InChI=1S/C28H28N2O7/c1-12-6-4-5-7-14(12)15-8-9-18(31)20-16(15)10-13-11-17-22(30(2)3)24(33)21(27(29)36)26(35)28(17,37)25(34)19(13)23(20)32/h4-9,13,17,22,31-32,35,37H,10-11H2,1-3H3,(H2,29,36). The number of nitrogens with zero attached hydrogens (tertiary/aromatic N) is 1. The predicted molar refractivity (Wildman–Crippen MR) is 134 cm³/mol. The van der Waals surface area contributed by atoms with Crippen LogP contribution in [0.25, 0.3) is 16.9 Å². The first-order chi connectivity index (χ1) is 17.4. The molecule has 0 aliphatic heterocycles. The number of aliphatic hydroxyl groups is 3. The lowest BCUT2D eigenvalue weighted by atomic mass is 9.57. The second kappa shape index (κ2) is 8.29. The lowest BCUT2D eigenvalue weighted by Gasteiger charge is -2.50. The summed E-state index contributed by atoms with van der Waals surface area (Å²) in [5.74, 6) is -6.61. The van der Waals surface area contributed by atoms with Crippen molar-refractivity contribution in [3.05, 3.63) is 70.0 Å². The summed E-state index contributed by atoms with van der Waals surface area (Å²) in [6, 6.07) is 9.75. The number of aryl methyl sites for hydroxylation is 1. The van der Waals surface area contributed by atoms with E-state index in [0.717, 1.165) is 16.7 Å². The van der Waals surface area contributed by atoms with Crippen LogP contribution in [0.1, 0.15) is 23.1 Å². The minimum absolute atomic E-state index is 0.0502. The Hall–Kier alpha value is -3.95. The first kappa shape index (κ1) is 24.7. The molecule has 0 radical (unpaired) electrons. The number of phenols is 1. The molecule has 3 aliphatic carbocycles. The Labute approximate surface area is 213 Å². The first-order valence-corrected chi connectivity index (χ1v) is 12.0. The van der Waals surface area contributed by atoms with Crippen LogP contribution in [0, 0.1) is 18.8 Å². The molecule has 4 unspecified atom stereocenters. The number of aromatic hydroxyl groups is 1. The number of nitrogens with two attached hydrogens (primary N) is 1. The third kappa shape index (κ3) is 3.27. The third-order valence-corrected chi connectivity index (χ3v) is 8.04. The molecular formula is C28H28N2O7. The van der Waals surface area contributed by atoms with Crippen molar-refractivity contribution in [2.75, 3.05) is 14.1 Å². The number of hydrogen-bond acceptors (Lipinski definition) is 8. The lowest BCUT2D eigenvalue weighted by molar-refractivity contribution is -0.153. The number of likely N-dealkylation sites (N-methyl/N-ethyl adjacent to an activating group) is 1. The van der Waals surface area contributed by atoms with Gasteiger partial charge in [0, 0.05) is 11.5 Å². The summed E-state index contributed by atoms with van der Waals surface area (Å²) in [7, 11) is 3.14. The largest absolute Gasteiger partial charge is 0.508 e. The first-order valence-electron chi connectivity index (χ1n) is 12.0. The summed E-state index contributed by atoms with van der Waals surface area (Å²) >= 11 is 0. The fourth-order valence-corrected chi connectivity index (χ4v) is 6.37. The number of carbonyl (C=O) groups excluding carboxylic acids is 3. The Morgan fingerprint density at radius 3 is 2.35 bits per heavy atom. The molecule has 0 bridgehead atoms. The highest BCUT2D eigenvalue weighted by Crippen LogP contribution is 2.53. The van der Waals surface area contributed by atoms with E-state index in [2.05, 4.69) is 0 Å². The van der Waals surface area contributed by atoms with Crippen molar-refractivity contribution in [1.29, 1.82) is 0 Å². The summed E-state index contributed by atoms with van der Waals surface area (Å²) in [5.41, 5.74) is 5.11. The van der Waals surface area contributed by atoms with Crippen molar-refractivity contribution < 1.29 is 34.8 Å². The Morgan fingerprint density at radius 2 is 1.73 bits per heavy atom.